The van der Waals surface area contributed by atoms with Crippen molar-refractivity contribution in [3.05, 3.63) is 30.9 Å². The van der Waals surface area contributed by atoms with Gasteiger partial charge in [0.1, 0.15) is 13.2 Å². The van der Waals surface area contributed by atoms with Gasteiger partial charge in [-0.2, -0.15) is 4.31 Å². The van der Waals surface area contributed by atoms with Gasteiger partial charge in [-0.1, -0.05) is 6.58 Å². The zero-order valence-corrected chi connectivity index (χ0v) is 14.0. The largest absolute Gasteiger partial charge is 0.486 e. The number of nitrogens with one attached hydrogen (secondary N) is 1. The predicted molar refractivity (Wildman–Crippen MR) is 87.6 cm³/mol. The lowest BCUT2D eigenvalue weighted by Crippen LogP contribution is -2.46. The van der Waals surface area contributed by atoms with Crippen LogP contribution in [0.5, 0.6) is 11.5 Å². The van der Waals surface area contributed by atoms with Gasteiger partial charge in [0.05, 0.1) is 4.90 Å². The molecule has 1 aromatic carbocycles. The van der Waals surface area contributed by atoms with Crippen molar-refractivity contribution in [2.45, 2.75) is 23.8 Å². The lowest BCUT2D eigenvalue weighted by atomic mass is 10.1. The first-order valence-electron chi connectivity index (χ1n) is 7.83. The molecule has 2 aliphatic heterocycles. The molecule has 2 aliphatic rings. The highest BCUT2D eigenvalue weighted by Crippen LogP contribution is 2.33. The molecule has 130 valence electrons. The van der Waals surface area contributed by atoms with Gasteiger partial charge in [-0.25, -0.2) is 8.42 Å². The van der Waals surface area contributed by atoms with E-state index in [-0.39, 0.29) is 16.8 Å². The van der Waals surface area contributed by atoms with Gasteiger partial charge in [0.25, 0.3) is 0 Å². The van der Waals surface area contributed by atoms with Gasteiger partial charge in [-0.05, 0) is 31.1 Å². The fourth-order valence-electron chi connectivity index (χ4n) is 2.83. The second kappa shape index (κ2) is 6.82. The summed E-state index contributed by atoms with van der Waals surface area (Å²) in [5, 5.41) is 2.81. The maximum atomic E-state index is 12.8. The number of ether oxygens (including phenoxy) is 2. The Kier molecular flexibility index (Phi) is 4.77. The number of hydrogen-bond acceptors (Lipinski definition) is 5. The van der Waals surface area contributed by atoms with E-state index < -0.39 is 10.0 Å². The normalized spacial score (nSPS) is 18.8. The standard InChI is InChI=1S/C16H20N2O5S/c1-2-16(19)17-12-5-7-18(8-6-12)24(20,21)13-3-4-14-15(11-13)23-10-9-22-14/h2-4,11-12H,1,5-10H2,(H,17,19). The van der Waals surface area contributed by atoms with Gasteiger partial charge >= 0.3 is 0 Å². The molecule has 24 heavy (non-hydrogen) atoms. The smallest absolute Gasteiger partial charge is 0.243 e. The van der Waals surface area contributed by atoms with Crippen LogP contribution in [0.15, 0.2) is 35.7 Å². The molecule has 0 saturated carbocycles. The summed E-state index contributed by atoms with van der Waals surface area (Å²) in [7, 11) is -3.59. The number of sulfonamides is 1. The maximum Gasteiger partial charge on any atom is 0.243 e. The SMILES string of the molecule is C=CC(=O)NC1CCN(S(=O)(=O)c2ccc3c(c2)OCCO3)CC1. The van der Waals surface area contributed by atoms with Crippen molar-refractivity contribution in [3.8, 4) is 11.5 Å². The number of hydrogen-bond donors (Lipinski definition) is 1. The quantitative estimate of drug-likeness (QED) is 0.815. The minimum Gasteiger partial charge on any atom is -0.486 e. The zero-order chi connectivity index (χ0) is 17.2. The first-order valence-corrected chi connectivity index (χ1v) is 9.27. The Bertz CT molecular complexity index is 739. The van der Waals surface area contributed by atoms with Gasteiger partial charge in [-0.15, -0.1) is 0 Å². The summed E-state index contributed by atoms with van der Waals surface area (Å²) < 4.78 is 37.9. The number of rotatable bonds is 4. The third-order valence-corrected chi connectivity index (χ3v) is 6.03. The van der Waals surface area contributed by atoms with E-state index >= 15 is 0 Å². The van der Waals surface area contributed by atoms with Crippen LogP contribution in [0.4, 0.5) is 0 Å². The van der Waals surface area contributed by atoms with Crippen LogP contribution in [-0.4, -0.2) is 51.0 Å². The lowest BCUT2D eigenvalue weighted by Gasteiger charge is -2.31. The average molecular weight is 352 g/mol. The molecule has 0 atom stereocenters. The van der Waals surface area contributed by atoms with Crippen molar-refractivity contribution in [1.29, 1.82) is 0 Å². The summed E-state index contributed by atoms with van der Waals surface area (Å²) in [6.07, 6.45) is 2.37. The number of carbonyl (C=O) groups is 1. The Labute approximate surface area is 141 Å². The third-order valence-electron chi connectivity index (χ3n) is 4.14. The molecule has 2 heterocycles. The van der Waals surface area contributed by atoms with Crippen molar-refractivity contribution in [1.82, 2.24) is 9.62 Å². The molecule has 7 nitrogen and oxygen atoms in total. The van der Waals surface area contributed by atoms with Gasteiger partial charge in [0.2, 0.25) is 15.9 Å². The molecule has 1 N–H and O–H groups in total. The molecule has 1 aromatic rings. The van der Waals surface area contributed by atoms with Gasteiger partial charge in [-0.3, -0.25) is 4.79 Å². The number of amides is 1. The number of benzene rings is 1. The Morgan fingerprint density at radius 1 is 1.21 bits per heavy atom. The summed E-state index contributed by atoms with van der Waals surface area (Å²) in [4.78, 5) is 11.5. The number of fused-ring (bicyclic) bond motifs is 1. The predicted octanol–water partition coefficient (Wildman–Crippen LogP) is 0.913. The highest BCUT2D eigenvalue weighted by Gasteiger charge is 2.30. The molecule has 0 aliphatic carbocycles. The molecular formula is C16H20N2O5S. The van der Waals surface area contributed by atoms with E-state index in [0.717, 1.165) is 0 Å². The van der Waals surface area contributed by atoms with E-state index in [9.17, 15) is 13.2 Å². The summed E-state index contributed by atoms with van der Waals surface area (Å²) in [6, 6.07) is 4.64. The van der Waals surface area contributed by atoms with Crippen LogP contribution in [0.1, 0.15) is 12.8 Å². The van der Waals surface area contributed by atoms with Crippen LogP contribution in [-0.2, 0) is 14.8 Å². The molecule has 0 spiro atoms. The number of nitrogens with zero attached hydrogens (tertiary/aromatic N) is 1. The van der Waals surface area contributed by atoms with E-state index in [1.54, 1.807) is 6.07 Å². The molecule has 3 rings (SSSR count). The molecule has 1 fully saturated rings. The summed E-state index contributed by atoms with van der Waals surface area (Å²) in [5.41, 5.74) is 0. The molecular weight excluding hydrogens is 332 g/mol. The molecule has 1 amide bonds. The summed E-state index contributed by atoms with van der Waals surface area (Å²) in [6.45, 7) is 5.00. The summed E-state index contributed by atoms with van der Waals surface area (Å²) >= 11 is 0. The van der Waals surface area contributed by atoms with E-state index in [1.165, 1.54) is 22.5 Å². The fraction of sp³-hybridized carbons (Fsp3) is 0.438. The third kappa shape index (κ3) is 3.39. The lowest BCUT2D eigenvalue weighted by molar-refractivity contribution is -0.117. The summed E-state index contributed by atoms with van der Waals surface area (Å²) in [5.74, 6) is 0.782. The van der Waals surface area contributed by atoms with Crippen molar-refractivity contribution in [3.63, 3.8) is 0 Å². The first kappa shape index (κ1) is 16.8. The Hall–Kier alpha value is -2.06. The van der Waals surface area contributed by atoms with Crippen LogP contribution >= 0.6 is 0 Å². The topological polar surface area (TPSA) is 84.9 Å². The van der Waals surface area contributed by atoms with Crippen molar-refractivity contribution in [2.75, 3.05) is 26.3 Å². The molecule has 1 saturated heterocycles. The molecule has 0 aromatic heterocycles. The second-order valence-corrected chi connectivity index (χ2v) is 7.63. The van der Waals surface area contributed by atoms with E-state index in [2.05, 4.69) is 11.9 Å². The van der Waals surface area contributed by atoms with Gasteiger partial charge in [0.15, 0.2) is 11.5 Å². The minimum atomic E-state index is -3.59. The second-order valence-electron chi connectivity index (χ2n) is 5.70. The number of piperidine rings is 1. The Morgan fingerprint density at radius 3 is 2.54 bits per heavy atom. The first-order chi connectivity index (χ1) is 11.5. The van der Waals surface area contributed by atoms with Crippen LogP contribution in [0.25, 0.3) is 0 Å². The van der Waals surface area contributed by atoms with Crippen LogP contribution in [0.2, 0.25) is 0 Å². The van der Waals surface area contributed by atoms with Crippen molar-refractivity contribution < 1.29 is 22.7 Å². The van der Waals surface area contributed by atoms with Crippen LogP contribution in [0.3, 0.4) is 0 Å². The maximum absolute atomic E-state index is 12.8. The van der Waals surface area contributed by atoms with Crippen LogP contribution < -0.4 is 14.8 Å². The monoisotopic (exact) mass is 352 g/mol. The molecule has 0 unspecified atom stereocenters. The fourth-order valence-corrected chi connectivity index (χ4v) is 4.32. The van der Waals surface area contributed by atoms with E-state index in [1.807, 2.05) is 0 Å². The van der Waals surface area contributed by atoms with Gasteiger partial charge in [0, 0.05) is 25.2 Å². The highest BCUT2D eigenvalue weighted by molar-refractivity contribution is 7.89. The van der Waals surface area contributed by atoms with Crippen molar-refractivity contribution >= 4 is 15.9 Å². The number of carbonyl (C=O) groups excluding carboxylic acids is 1. The molecule has 8 heteroatoms. The van der Waals surface area contributed by atoms with Crippen LogP contribution in [0, 0.1) is 0 Å². The Morgan fingerprint density at radius 2 is 1.88 bits per heavy atom. The molecule has 0 radical (unpaired) electrons. The van der Waals surface area contributed by atoms with Gasteiger partial charge < -0.3 is 14.8 Å². The minimum absolute atomic E-state index is 0.0257. The highest BCUT2D eigenvalue weighted by atomic mass is 32.2. The zero-order valence-electron chi connectivity index (χ0n) is 13.2. The van der Waals surface area contributed by atoms with E-state index in [0.29, 0.717) is 50.6 Å². The Balaban J connectivity index is 1.70. The molecule has 0 bridgehead atoms. The van der Waals surface area contributed by atoms with Crippen molar-refractivity contribution in [2.24, 2.45) is 0 Å². The van der Waals surface area contributed by atoms with E-state index in [4.69, 9.17) is 9.47 Å². The average Bonchev–Trinajstić information content (AvgIpc) is 2.61.